The first-order valence-electron chi connectivity index (χ1n) is 8.77. The average molecular weight is 382 g/mol. The topological polar surface area (TPSA) is 85.8 Å². The molecule has 7 heteroatoms. The predicted octanol–water partition coefficient (Wildman–Crippen LogP) is 3.89. The van der Waals surface area contributed by atoms with Gasteiger partial charge in [-0.2, -0.15) is 0 Å². The number of hydrogen-bond acceptors (Lipinski definition) is 5. The van der Waals surface area contributed by atoms with Gasteiger partial charge in [-0.25, -0.2) is 0 Å². The molecule has 0 aliphatic carbocycles. The average Bonchev–Trinajstić information content (AvgIpc) is 3.06. The third-order valence-electron chi connectivity index (χ3n) is 4.30. The number of carbonyl (C=O) groups excluding carboxylic acids is 1. The molecule has 0 aliphatic rings. The van der Waals surface area contributed by atoms with E-state index in [-0.39, 0.29) is 11.7 Å². The van der Waals surface area contributed by atoms with Crippen LogP contribution in [0.5, 0.6) is 0 Å². The predicted molar refractivity (Wildman–Crippen MR) is 111 cm³/mol. The fraction of sp³-hybridized carbons (Fsp3) is 0.250. The SMILES string of the molecule is CCn1c(SCC(=O)Nc2ccc(C)c(C)c2)nnc1-c1cccc(N)c1. The van der Waals surface area contributed by atoms with E-state index in [1.165, 1.54) is 17.3 Å². The molecule has 3 rings (SSSR count). The first-order chi connectivity index (χ1) is 13.0. The van der Waals surface area contributed by atoms with Crippen LogP contribution in [0.4, 0.5) is 11.4 Å². The Labute approximate surface area is 163 Å². The molecule has 27 heavy (non-hydrogen) atoms. The molecule has 1 amide bonds. The second kappa shape index (κ2) is 8.26. The number of nitrogen functional groups attached to an aromatic ring is 1. The van der Waals surface area contributed by atoms with Crippen molar-refractivity contribution in [3.63, 3.8) is 0 Å². The molecule has 0 radical (unpaired) electrons. The number of rotatable bonds is 6. The van der Waals surface area contributed by atoms with E-state index in [9.17, 15) is 4.79 Å². The summed E-state index contributed by atoms with van der Waals surface area (Å²) in [6, 6.07) is 13.4. The molecule has 0 unspecified atom stereocenters. The highest BCUT2D eigenvalue weighted by Gasteiger charge is 2.15. The second-order valence-corrected chi connectivity index (χ2v) is 7.25. The number of nitrogens with two attached hydrogens (primary N) is 1. The maximum atomic E-state index is 12.3. The minimum Gasteiger partial charge on any atom is -0.399 e. The lowest BCUT2D eigenvalue weighted by Crippen LogP contribution is -2.14. The first kappa shape index (κ1) is 19.0. The number of nitrogens with zero attached hydrogens (tertiary/aromatic N) is 3. The zero-order chi connectivity index (χ0) is 19.4. The van der Waals surface area contributed by atoms with E-state index in [1.807, 2.05) is 67.8 Å². The number of benzene rings is 2. The van der Waals surface area contributed by atoms with E-state index in [0.29, 0.717) is 17.4 Å². The van der Waals surface area contributed by atoms with Crippen LogP contribution >= 0.6 is 11.8 Å². The highest BCUT2D eigenvalue weighted by molar-refractivity contribution is 7.99. The largest absolute Gasteiger partial charge is 0.399 e. The Bertz CT molecular complexity index is 967. The Kier molecular flexibility index (Phi) is 5.81. The van der Waals surface area contributed by atoms with Crippen LogP contribution in [0.2, 0.25) is 0 Å². The van der Waals surface area contributed by atoms with E-state index < -0.39 is 0 Å². The molecule has 0 atom stereocenters. The molecule has 1 heterocycles. The van der Waals surface area contributed by atoms with Crippen molar-refractivity contribution in [1.82, 2.24) is 14.8 Å². The van der Waals surface area contributed by atoms with Crippen molar-refractivity contribution in [1.29, 1.82) is 0 Å². The van der Waals surface area contributed by atoms with Gasteiger partial charge in [0, 0.05) is 23.5 Å². The number of aromatic nitrogens is 3. The molecule has 3 N–H and O–H groups in total. The maximum Gasteiger partial charge on any atom is 0.234 e. The van der Waals surface area contributed by atoms with Crippen molar-refractivity contribution in [2.75, 3.05) is 16.8 Å². The summed E-state index contributed by atoms with van der Waals surface area (Å²) in [7, 11) is 0. The third kappa shape index (κ3) is 4.49. The van der Waals surface area contributed by atoms with Crippen molar-refractivity contribution in [3.05, 3.63) is 53.6 Å². The molecule has 140 valence electrons. The molecule has 0 spiro atoms. The van der Waals surface area contributed by atoms with Crippen LogP contribution in [-0.2, 0) is 11.3 Å². The Morgan fingerprint density at radius 1 is 1.15 bits per heavy atom. The van der Waals surface area contributed by atoms with Gasteiger partial charge in [0.15, 0.2) is 11.0 Å². The van der Waals surface area contributed by atoms with Crippen molar-refractivity contribution < 1.29 is 4.79 Å². The number of carbonyl (C=O) groups is 1. The van der Waals surface area contributed by atoms with E-state index in [0.717, 1.165) is 22.6 Å². The quantitative estimate of drug-likeness (QED) is 0.500. The normalized spacial score (nSPS) is 10.8. The van der Waals surface area contributed by atoms with Crippen molar-refractivity contribution in [2.45, 2.75) is 32.5 Å². The van der Waals surface area contributed by atoms with Crippen molar-refractivity contribution in [2.24, 2.45) is 0 Å². The Balaban J connectivity index is 1.69. The standard InChI is InChI=1S/C20H23N5OS/c1-4-25-19(15-6-5-7-16(21)11-15)23-24-20(25)27-12-18(26)22-17-9-8-13(2)14(3)10-17/h5-11H,4,12,21H2,1-3H3,(H,22,26). The number of thioether (sulfide) groups is 1. The maximum absolute atomic E-state index is 12.3. The van der Waals surface area contributed by atoms with E-state index >= 15 is 0 Å². The van der Waals surface area contributed by atoms with Gasteiger partial charge in [0.1, 0.15) is 0 Å². The number of nitrogens with one attached hydrogen (secondary N) is 1. The summed E-state index contributed by atoms with van der Waals surface area (Å²) >= 11 is 1.37. The van der Waals surface area contributed by atoms with Crippen LogP contribution in [0.15, 0.2) is 47.6 Å². The zero-order valence-corrected chi connectivity index (χ0v) is 16.5. The first-order valence-corrected chi connectivity index (χ1v) is 9.75. The molecule has 1 aromatic heterocycles. The second-order valence-electron chi connectivity index (χ2n) is 6.31. The van der Waals surface area contributed by atoms with Gasteiger partial charge in [-0.3, -0.25) is 4.79 Å². The number of amides is 1. The summed E-state index contributed by atoms with van der Waals surface area (Å²) in [6.07, 6.45) is 0. The fourth-order valence-electron chi connectivity index (χ4n) is 2.72. The summed E-state index contributed by atoms with van der Waals surface area (Å²) in [5.41, 5.74) is 10.6. The van der Waals surface area contributed by atoms with Crippen LogP contribution in [-0.4, -0.2) is 26.4 Å². The monoisotopic (exact) mass is 381 g/mol. The van der Waals surface area contributed by atoms with Crippen LogP contribution in [0.25, 0.3) is 11.4 Å². The van der Waals surface area contributed by atoms with Gasteiger partial charge in [0.25, 0.3) is 0 Å². The number of aryl methyl sites for hydroxylation is 2. The van der Waals surface area contributed by atoms with Crippen LogP contribution in [0.3, 0.4) is 0 Å². The lowest BCUT2D eigenvalue weighted by molar-refractivity contribution is -0.113. The minimum absolute atomic E-state index is 0.0700. The van der Waals surface area contributed by atoms with Crippen LogP contribution < -0.4 is 11.1 Å². The fourth-order valence-corrected chi connectivity index (χ4v) is 3.52. The Morgan fingerprint density at radius 3 is 2.67 bits per heavy atom. The summed E-state index contributed by atoms with van der Waals surface area (Å²) in [5, 5.41) is 12.2. The molecule has 6 nitrogen and oxygen atoms in total. The molecule has 0 saturated heterocycles. The van der Waals surface area contributed by atoms with E-state index in [1.54, 1.807) is 0 Å². The lowest BCUT2D eigenvalue weighted by atomic mass is 10.1. The number of hydrogen-bond donors (Lipinski definition) is 2. The van der Waals surface area contributed by atoms with Crippen molar-refractivity contribution in [3.8, 4) is 11.4 Å². The Hall–Kier alpha value is -2.80. The minimum atomic E-state index is -0.0700. The molecular formula is C20H23N5OS. The van der Waals surface area contributed by atoms with Gasteiger partial charge in [-0.15, -0.1) is 10.2 Å². The van der Waals surface area contributed by atoms with Gasteiger partial charge in [-0.1, -0.05) is 30.0 Å². The third-order valence-corrected chi connectivity index (χ3v) is 5.27. The van der Waals surface area contributed by atoms with Gasteiger partial charge in [-0.05, 0) is 56.2 Å². The zero-order valence-electron chi connectivity index (χ0n) is 15.7. The van der Waals surface area contributed by atoms with E-state index in [2.05, 4.69) is 15.5 Å². The summed E-state index contributed by atoms with van der Waals surface area (Å²) < 4.78 is 1.99. The molecule has 0 fully saturated rings. The summed E-state index contributed by atoms with van der Waals surface area (Å²) in [4.78, 5) is 12.3. The van der Waals surface area contributed by atoms with Crippen molar-refractivity contribution >= 4 is 29.0 Å². The smallest absolute Gasteiger partial charge is 0.234 e. The molecule has 3 aromatic rings. The van der Waals surface area contributed by atoms with Gasteiger partial charge >= 0.3 is 0 Å². The van der Waals surface area contributed by atoms with Crippen LogP contribution in [0.1, 0.15) is 18.1 Å². The highest BCUT2D eigenvalue weighted by Crippen LogP contribution is 2.25. The Morgan fingerprint density at radius 2 is 1.96 bits per heavy atom. The van der Waals surface area contributed by atoms with Gasteiger partial charge in [0.2, 0.25) is 5.91 Å². The molecule has 2 aromatic carbocycles. The molecule has 0 aliphatic heterocycles. The molecule has 0 saturated carbocycles. The molecular weight excluding hydrogens is 358 g/mol. The summed E-state index contributed by atoms with van der Waals surface area (Å²) in [6.45, 7) is 6.81. The van der Waals surface area contributed by atoms with Gasteiger partial charge in [0.05, 0.1) is 5.75 Å². The molecule has 0 bridgehead atoms. The summed E-state index contributed by atoms with van der Waals surface area (Å²) in [5.74, 6) is 0.948. The van der Waals surface area contributed by atoms with E-state index in [4.69, 9.17) is 5.73 Å². The highest BCUT2D eigenvalue weighted by atomic mass is 32.2. The van der Waals surface area contributed by atoms with Gasteiger partial charge < -0.3 is 15.6 Å². The number of anilines is 2. The van der Waals surface area contributed by atoms with Crippen LogP contribution in [0, 0.1) is 13.8 Å². The lowest BCUT2D eigenvalue weighted by Gasteiger charge is -2.09.